The highest BCUT2D eigenvalue weighted by Gasteiger charge is 2.02. The molecule has 1 aromatic rings. The Kier molecular flexibility index (Phi) is 4.17. The van der Waals surface area contributed by atoms with Crippen molar-refractivity contribution in [3.8, 4) is 0 Å². The first-order chi connectivity index (χ1) is 6.59. The first kappa shape index (κ1) is 11.3. The van der Waals surface area contributed by atoms with E-state index < -0.39 is 0 Å². The highest BCUT2D eigenvalue weighted by Crippen LogP contribution is 2.15. The fourth-order valence-corrected chi connectivity index (χ4v) is 1.28. The molecule has 4 heteroatoms. The predicted octanol–water partition coefficient (Wildman–Crippen LogP) is 2.28. The quantitative estimate of drug-likeness (QED) is 0.837. The summed E-state index contributed by atoms with van der Waals surface area (Å²) in [6, 6.07) is 1.83. The summed E-state index contributed by atoms with van der Waals surface area (Å²) in [4.78, 5) is 3.97. The Morgan fingerprint density at radius 1 is 1.57 bits per heavy atom. The van der Waals surface area contributed by atoms with Gasteiger partial charge >= 0.3 is 0 Å². The molecule has 0 unspecified atom stereocenters. The second kappa shape index (κ2) is 5.17. The fraction of sp³-hybridized carbons (Fsp3) is 0.500. The van der Waals surface area contributed by atoms with Gasteiger partial charge in [-0.3, -0.25) is 0 Å². The van der Waals surface area contributed by atoms with Crippen molar-refractivity contribution in [2.75, 3.05) is 12.3 Å². The van der Waals surface area contributed by atoms with Crippen molar-refractivity contribution in [3.63, 3.8) is 0 Å². The average Bonchev–Trinajstić information content (AvgIpc) is 2.10. The molecule has 78 valence electrons. The molecule has 2 N–H and O–H groups in total. The van der Waals surface area contributed by atoms with Crippen LogP contribution in [0.4, 0.5) is 5.82 Å². The van der Waals surface area contributed by atoms with Crippen LogP contribution < -0.4 is 5.73 Å². The third kappa shape index (κ3) is 3.52. The molecule has 0 aliphatic heterocycles. The van der Waals surface area contributed by atoms with Gasteiger partial charge in [-0.1, -0.05) is 11.6 Å². The monoisotopic (exact) mass is 214 g/mol. The molecular formula is C10H15ClN2O. The van der Waals surface area contributed by atoms with Crippen LogP contribution in [0.15, 0.2) is 12.3 Å². The Bertz CT molecular complexity index is 302. The zero-order valence-electron chi connectivity index (χ0n) is 8.46. The summed E-state index contributed by atoms with van der Waals surface area (Å²) in [7, 11) is 0. The van der Waals surface area contributed by atoms with Crippen LogP contribution in [0.3, 0.4) is 0 Å². The average molecular weight is 215 g/mol. The Morgan fingerprint density at radius 3 is 2.93 bits per heavy atom. The topological polar surface area (TPSA) is 48.1 Å². The maximum Gasteiger partial charge on any atom is 0.126 e. The number of halogens is 1. The maximum atomic E-state index is 5.80. The Balaban J connectivity index is 2.53. The van der Waals surface area contributed by atoms with Crippen molar-refractivity contribution < 1.29 is 4.74 Å². The van der Waals surface area contributed by atoms with Gasteiger partial charge in [0.15, 0.2) is 0 Å². The fourth-order valence-electron chi connectivity index (χ4n) is 1.10. The van der Waals surface area contributed by atoms with Crippen LogP contribution in [0.2, 0.25) is 5.02 Å². The number of hydrogen-bond donors (Lipinski definition) is 1. The third-order valence-electron chi connectivity index (χ3n) is 1.79. The van der Waals surface area contributed by atoms with E-state index in [-0.39, 0.29) is 6.10 Å². The summed E-state index contributed by atoms with van der Waals surface area (Å²) in [5.74, 6) is 0.529. The van der Waals surface area contributed by atoms with Crippen LogP contribution in [0, 0.1) is 0 Å². The molecule has 0 bridgehead atoms. The lowest BCUT2D eigenvalue weighted by molar-refractivity contribution is 0.0814. The molecule has 0 saturated heterocycles. The summed E-state index contributed by atoms with van der Waals surface area (Å²) in [6.45, 7) is 4.64. The molecule has 1 rings (SSSR count). The second-order valence-corrected chi connectivity index (χ2v) is 3.80. The van der Waals surface area contributed by atoms with Crippen LogP contribution >= 0.6 is 11.6 Å². The Morgan fingerprint density at radius 2 is 2.29 bits per heavy atom. The minimum atomic E-state index is 0.239. The molecular weight excluding hydrogens is 200 g/mol. The van der Waals surface area contributed by atoms with Crippen LogP contribution in [0.1, 0.15) is 19.4 Å². The van der Waals surface area contributed by atoms with Crippen LogP contribution in [-0.4, -0.2) is 17.7 Å². The van der Waals surface area contributed by atoms with Gasteiger partial charge in [0.25, 0.3) is 0 Å². The van der Waals surface area contributed by atoms with Crippen molar-refractivity contribution in [3.05, 3.63) is 22.8 Å². The lowest BCUT2D eigenvalue weighted by Crippen LogP contribution is -2.07. The summed E-state index contributed by atoms with van der Waals surface area (Å²) in [5, 5.41) is 0.610. The Labute approximate surface area is 89.2 Å². The third-order valence-corrected chi connectivity index (χ3v) is 2.00. The number of aromatic nitrogens is 1. The normalized spacial score (nSPS) is 10.9. The van der Waals surface area contributed by atoms with Gasteiger partial charge in [0, 0.05) is 6.20 Å². The van der Waals surface area contributed by atoms with Gasteiger partial charge < -0.3 is 10.5 Å². The Hall–Kier alpha value is -0.800. The van der Waals surface area contributed by atoms with Crippen molar-refractivity contribution in [2.45, 2.75) is 26.4 Å². The van der Waals surface area contributed by atoms with Gasteiger partial charge in [0.05, 0.1) is 17.7 Å². The van der Waals surface area contributed by atoms with Crippen molar-refractivity contribution in [1.82, 2.24) is 4.98 Å². The largest absolute Gasteiger partial charge is 0.383 e. The maximum absolute atomic E-state index is 5.80. The molecule has 0 aromatic carbocycles. The van der Waals surface area contributed by atoms with Gasteiger partial charge in [0.1, 0.15) is 5.82 Å². The number of rotatable bonds is 4. The summed E-state index contributed by atoms with van der Waals surface area (Å²) in [6.07, 6.45) is 2.53. The lowest BCUT2D eigenvalue weighted by Gasteiger charge is -2.08. The van der Waals surface area contributed by atoms with Crippen molar-refractivity contribution >= 4 is 17.4 Å². The van der Waals surface area contributed by atoms with E-state index in [0.717, 1.165) is 12.0 Å². The van der Waals surface area contributed by atoms with E-state index in [4.69, 9.17) is 22.1 Å². The van der Waals surface area contributed by atoms with Gasteiger partial charge in [-0.15, -0.1) is 0 Å². The highest BCUT2D eigenvalue weighted by atomic mass is 35.5. The number of nitrogens with two attached hydrogens (primary N) is 1. The summed E-state index contributed by atoms with van der Waals surface area (Å²) in [5.41, 5.74) is 6.62. The first-order valence-corrected chi connectivity index (χ1v) is 4.99. The molecule has 3 nitrogen and oxygen atoms in total. The van der Waals surface area contributed by atoms with Gasteiger partial charge in [-0.25, -0.2) is 4.98 Å². The standard InChI is InChI=1S/C10H15ClN2O/c1-7(2)14-4-3-8-5-9(11)6-13-10(8)12/h5-7H,3-4H2,1-2H3,(H2,12,13). The SMILES string of the molecule is CC(C)OCCc1cc(Cl)cnc1N. The molecule has 0 aliphatic carbocycles. The van der Waals surface area contributed by atoms with E-state index in [9.17, 15) is 0 Å². The molecule has 0 spiro atoms. The molecule has 0 fully saturated rings. The molecule has 0 atom stereocenters. The van der Waals surface area contributed by atoms with E-state index in [1.807, 2.05) is 19.9 Å². The van der Waals surface area contributed by atoms with Crippen molar-refractivity contribution in [2.24, 2.45) is 0 Å². The summed E-state index contributed by atoms with van der Waals surface area (Å²) >= 11 is 5.80. The van der Waals surface area contributed by atoms with Gasteiger partial charge in [-0.2, -0.15) is 0 Å². The number of hydrogen-bond acceptors (Lipinski definition) is 3. The van der Waals surface area contributed by atoms with E-state index in [0.29, 0.717) is 17.4 Å². The van der Waals surface area contributed by atoms with E-state index in [1.165, 1.54) is 0 Å². The molecule has 0 aliphatic rings. The van der Waals surface area contributed by atoms with Crippen molar-refractivity contribution in [1.29, 1.82) is 0 Å². The zero-order chi connectivity index (χ0) is 10.6. The smallest absolute Gasteiger partial charge is 0.126 e. The number of ether oxygens (including phenoxy) is 1. The van der Waals surface area contributed by atoms with Crippen LogP contribution in [-0.2, 0) is 11.2 Å². The number of nitrogens with zero attached hydrogens (tertiary/aromatic N) is 1. The van der Waals surface area contributed by atoms with E-state index in [2.05, 4.69) is 4.98 Å². The number of anilines is 1. The first-order valence-electron chi connectivity index (χ1n) is 4.61. The van der Waals surface area contributed by atoms with Gasteiger partial charge in [-0.05, 0) is 31.9 Å². The zero-order valence-corrected chi connectivity index (χ0v) is 9.21. The molecule has 14 heavy (non-hydrogen) atoms. The van der Waals surface area contributed by atoms with Gasteiger partial charge in [0.2, 0.25) is 0 Å². The van der Waals surface area contributed by atoms with E-state index >= 15 is 0 Å². The molecule has 0 saturated carbocycles. The molecule has 1 heterocycles. The predicted molar refractivity (Wildman–Crippen MR) is 58.5 cm³/mol. The minimum absolute atomic E-state index is 0.239. The minimum Gasteiger partial charge on any atom is -0.383 e. The number of nitrogen functional groups attached to an aromatic ring is 1. The van der Waals surface area contributed by atoms with E-state index in [1.54, 1.807) is 6.20 Å². The van der Waals surface area contributed by atoms with Crippen LogP contribution in [0.25, 0.3) is 0 Å². The summed E-state index contributed by atoms with van der Waals surface area (Å²) < 4.78 is 5.41. The lowest BCUT2D eigenvalue weighted by atomic mass is 10.2. The molecule has 0 amide bonds. The second-order valence-electron chi connectivity index (χ2n) is 3.37. The highest BCUT2D eigenvalue weighted by molar-refractivity contribution is 6.30. The molecule has 0 radical (unpaired) electrons. The van der Waals surface area contributed by atoms with Crippen LogP contribution in [0.5, 0.6) is 0 Å². The number of pyridine rings is 1. The molecule has 1 aromatic heterocycles.